The van der Waals surface area contributed by atoms with Crippen molar-refractivity contribution in [3.8, 4) is 0 Å². The third kappa shape index (κ3) is 4.47. The first-order chi connectivity index (χ1) is 9.12. The molecule has 0 fully saturated rings. The quantitative estimate of drug-likeness (QED) is 0.544. The summed E-state index contributed by atoms with van der Waals surface area (Å²) in [6, 6.07) is 4.36. The van der Waals surface area contributed by atoms with Crippen LogP contribution < -0.4 is 5.32 Å². The zero-order valence-corrected chi connectivity index (χ0v) is 11.0. The van der Waals surface area contributed by atoms with Gasteiger partial charge in [-0.2, -0.15) is 0 Å². The second-order valence-electron chi connectivity index (χ2n) is 4.02. The van der Waals surface area contributed by atoms with Crippen LogP contribution >= 0.6 is 0 Å². The molecule has 7 heteroatoms. The van der Waals surface area contributed by atoms with Crippen molar-refractivity contribution in [1.29, 1.82) is 0 Å². The molecule has 0 aliphatic carbocycles. The predicted octanol–water partition coefficient (Wildman–Crippen LogP) is 1.16. The number of aliphatic hydroxyl groups excluding tert-OH is 1. The fourth-order valence-corrected chi connectivity index (χ4v) is 1.70. The van der Waals surface area contributed by atoms with Gasteiger partial charge in [0.05, 0.1) is 30.8 Å². The van der Waals surface area contributed by atoms with Gasteiger partial charge in [0.25, 0.3) is 5.69 Å². The number of ether oxygens (including phenoxy) is 2. The molecule has 1 aromatic rings. The van der Waals surface area contributed by atoms with E-state index in [1.165, 1.54) is 6.07 Å². The SMILES string of the molecule is COCC(COC)Nc1ccc(CO)cc1[N+](=O)[O-]. The third-order valence-corrected chi connectivity index (χ3v) is 2.54. The Labute approximate surface area is 111 Å². The lowest BCUT2D eigenvalue weighted by Gasteiger charge is -2.18. The second-order valence-corrected chi connectivity index (χ2v) is 4.02. The van der Waals surface area contributed by atoms with Crippen molar-refractivity contribution in [1.82, 2.24) is 0 Å². The zero-order chi connectivity index (χ0) is 14.3. The average Bonchev–Trinajstić information content (AvgIpc) is 2.39. The van der Waals surface area contributed by atoms with Crippen LogP contribution in [-0.4, -0.2) is 43.5 Å². The minimum atomic E-state index is -0.488. The van der Waals surface area contributed by atoms with Gasteiger partial charge < -0.3 is 19.9 Å². The highest BCUT2D eigenvalue weighted by Crippen LogP contribution is 2.26. The van der Waals surface area contributed by atoms with E-state index in [2.05, 4.69) is 5.32 Å². The monoisotopic (exact) mass is 270 g/mol. The van der Waals surface area contributed by atoms with E-state index in [4.69, 9.17) is 14.6 Å². The molecule has 0 aromatic heterocycles. The Morgan fingerprint density at radius 2 is 2.00 bits per heavy atom. The molecule has 7 nitrogen and oxygen atoms in total. The lowest BCUT2D eigenvalue weighted by atomic mass is 10.1. The van der Waals surface area contributed by atoms with E-state index >= 15 is 0 Å². The van der Waals surface area contributed by atoms with Crippen LogP contribution in [0.4, 0.5) is 11.4 Å². The minimum absolute atomic E-state index is 0.0799. The molecule has 0 unspecified atom stereocenters. The number of anilines is 1. The maximum Gasteiger partial charge on any atom is 0.292 e. The number of aliphatic hydroxyl groups is 1. The molecule has 2 N–H and O–H groups in total. The van der Waals surface area contributed by atoms with E-state index in [9.17, 15) is 10.1 Å². The van der Waals surface area contributed by atoms with Crippen molar-refractivity contribution in [2.45, 2.75) is 12.6 Å². The normalized spacial score (nSPS) is 10.7. The van der Waals surface area contributed by atoms with Gasteiger partial charge in [0.2, 0.25) is 0 Å². The number of rotatable bonds is 8. The van der Waals surface area contributed by atoms with Crippen molar-refractivity contribution in [3.63, 3.8) is 0 Å². The van der Waals surface area contributed by atoms with E-state index in [-0.39, 0.29) is 18.3 Å². The maximum atomic E-state index is 11.0. The molecule has 0 amide bonds. The summed E-state index contributed by atoms with van der Waals surface area (Å²) in [5.41, 5.74) is 0.789. The number of hydrogen-bond donors (Lipinski definition) is 2. The molecule has 0 bridgehead atoms. The molecule has 0 spiro atoms. The summed E-state index contributed by atoms with van der Waals surface area (Å²) in [5, 5.41) is 23.0. The number of methoxy groups -OCH3 is 2. The molecule has 0 saturated heterocycles. The standard InChI is InChI=1S/C12H18N2O5/c1-18-7-10(8-19-2)13-11-4-3-9(6-15)5-12(11)14(16)17/h3-5,10,13,15H,6-8H2,1-2H3. The van der Waals surface area contributed by atoms with Crippen molar-refractivity contribution in [2.75, 3.05) is 32.8 Å². The van der Waals surface area contributed by atoms with Crippen molar-refractivity contribution in [3.05, 3.63) is 33.9 Å². The number of hydrogen-bond acceptors (Lipinski definition) is 6. The average molecular weight is 270 g/mol. The third-order valence-electron chi connectivity index (χ3n) is 2.54. The lowest BCUT2D eigenvalue weighted by Crippen LogP contribution is -2.30. The fraction of sp³-hybridized carbons (Fsp3) is 0.500. The summed E-state index contributed by atoms with van der Waals surface area (Å²) < 4.78 is 10.0. The Morgan fingerprint density at radius 1 is 1.37 bits per heavy atom. The van der Waals surface area contributed by atoms with Crippen molar-refractivity contribution >= 4 is 11.4 Å². The summed E-state index contributed by atoms with van der Waals surface area (Å²) in [6.07, 6.45) is 0. The molecule has 0 saturated carbocycles. The highest BCUT2D eigenvalue weighted by atomic mass is 16.6. The van der Waals surface area contributed by atoms with Crippen molar-refractivity contribution < 1.29 is 19.5 Å². The highest BCUT2D eigenvalue weighted by Gasteiger charge is 2.17. The molecule has 1 rings (SSSR count). The first-order valence-electron chi connectivity index (χ1n) is 5.75. The predicted molar refractivity (Wildman–Crippen MR) is 70.2 cm³/mol. The molecule has 0 aliphatic rings. The van der Waals surface area contributed by atoms with Crippen LogP contribution in [0, 0.1) is 10.1 Å². The van der Waals surface area contributed by atoms with E-state index in [0.717, 1.165) is 0 Å². The number of nitro groups is 1. The summed E-state index contributed by atoms with van der Waals surface area (Å²) in [7, 11) is 3.10. The lowest BCUT2D eigenvalue weighted by molar-refractivity contribution is -0.384. The van der Waals surface area contributed by atoms with Crippen LogP contribution in [0.5, 0.6) is 0 Å². The van der Waals surface area contributed by atoms with Gasteiger partial charge in [-0.25, -0.2) is 0 Å². The summed E-state index contributed by atoms with van der Waals surface area (Å²) in [6.45, 7) is 0.500. The van der Waals surface area contributed by atoms with Crippen LogP contribution in [0.3, 0.4) is 0 Å². The summed E-state index contributed by atoms with van der Waals surface area (Å²) in [5.74, 6) is 0. The molecule has 1 aromatic carbocycles. The van der Waals surface area contributed by atoms with Gasteiger partial charge in [-0.15, -0.1) is 0 Å². The van der Waals surface area contributed by atoms with Gasteiger partial charge in [-0.1, -0.05) is 6.07 Å². The first-order valence-corrected chi connectivity index (χ1v) is 5.75. The Kier molecular flexibility index (Phi) is 6.20. The summed E-state index contributed by atoms with van der Waals surface area (Å²) >= 11 is 0. The Bertz CT molecular complexity index is 419. The Morgan fingerprint density at radius 3 is 2.47 bits per heavy atom. The van der Waals surface area contributed by atoms with E-state index in [1.54, 1.807) is 26.4 Å². The largest absolute Gasteiger partial charge is 0.392 e. The number of nitro benzene ring substituents is 1. The Hall–Kier alpha value is -1.70. The molecule has 0 radical (unpaired) electrons. The Balaban J connectivity index is 2.94. The van der Waals surface area contributed by atoms with E-state index < -0.39 is 4.92 Å². The number of nitrogens with one attached hydrogen (secondary N) is 1. The van der Waals surface area contributed by atoms with Crippen LogP contribution in [-0.2, 0) is 16.1 Å². The van der Waals surface area contributed by atoms with Gasteiger partial charge in [0.15, 0.2) is 0 Å². The molecule has 0 heterocycles. The highest BCUT2D eigenvalue weighted by molar-refractivity contribution is 5.63. The van der Waals surface area contributed by atoms with Crippen molar-refractivity contribution in [2.24, 2.45) is 0 Å². The van der Waals surface area contributed by atoms with Crippen LogP contribution in [0.25, 0.3) is 0 Å². The number of benzene rings is 1. The van der Waals surface area contributed by atoms with Gasteiger partial charge in [0, 0.05) is 20.3 Å². The molecule has 0 aliphatic heterocycles. The molecule has 19 heavy (non-hydrogen) atoms. The molecular formula is C12H18N2O5. The number of nitrogens with zero attached hydrogens (tertiary/aromatic N) is 1. The topological polar surface area (TPSA) is 93.9 Å². The minimum Gasteiger partial charge on any atom is -0.392 e. The van der Waals surface area contributed by atoms with Gasteiger partial charge in [-0.3, -0.25) is 10.1 Å². The fourth-order valence-electron chi connectivity index (χ4n) is 1.70. The van der Waals surface area contributed by atoms with Crippen LogP contribution in [0.2, 0.25) is 0 Å². The molecular weight excluding hydrogens is 252 g/mol. The van der Waals surface area contributed by atoms with Gasteiger partial charge in [0.1, 0.15) is 5.69 Å². The van der Waals surface area contributed by atoms with Gasteiger partial charge in [-0.05, 0) is 11.6 Å². The smallest absolute Gasteiger partial charge is 0.292 e. The van der Waals surface area contributed by atoms with Crippen LogP contribution in [0.1, 0.15) is 5.56 Å². The van der Waals surface area contributed by atoms with E-state index in [1.807, 2.05) is 0 Å². The second kappa shape index (κ2) is 7.67. The van der Waals surface area contributed by atoms with E-state index in [0.29, 0.717) is 24.5 Å². The molecule has 0 atom stereocenters. The summed E-state index contributed by atoms with van der Waals surface area (Å²) in [4.78, 5) is 10.5. The van der Waals surface area contributed by atoms with Crippen LogP contribution in [0.15, 0.2) is 18.2 Å². The van der Waals surface area contributed by atoms with Gasteiger partial charge >= 0.3 is 0 Å². The maximum absolute atomic E-state index is 11.0. The molecule has 106 valence electrons. The zero-order valence-electron chi connectivity index (χ0n) is 11.0. The first kappa shape index (κ1) is 15.4.